The second kappa shape index (κ2) is 9.50. The van der Waals surface area contributed by atoms with Crippen LogP contribution in [0.1, 0.15) is 48.5 Å². The van der Waals surface area contributed by atoms with Gasteiger partial charge in [0.25, 0.3) is 5.91 Å². The first-order chi connectivity index (χ1) is 16.9. The lowest BCUT2D eigenvalue weighted by Gasteiger charge is -2.53. The van der Waals surface area contributed by atoms with Gasteiger partial charge in [0, 0.05) is 37.0 Å². The topological polar surface area (TPSA) is 121 Å². The van der Waals surface area contributed by atoms with Crippen molar-refractivity contribution in [3.8, 4) is 0 Å². The van der Waals surface area contributed by atoms with E-state index in [1.807, 2.05) is 18.3 Å². The summed E-state index contributed by atoms with van der Waals surface area (Å²) >= 11 is 0. The smallest absolute Gasteiger partial charge is 0.252 e. The molecule has 1 amide bonds. The summed E-state index contributed by atoms with van der Waals surface area (Å²) in [5.74, 6) is 0.978. The van der Waals surface area contributed by atoms with Gasteiger partial charge in [0.05, 0.1) is 35.0 Å². The highest BCUT2D eigenvalue weighted by Crippen LogP contribution is 2.41. The molecule has 2 fully saturated rings. The van der Waals surface area contributed by atoms with Gasteiger partial charge in [-0.25, -0.2) is 9.97 Å². The van der Waals surface area contributed by atoms with E-state index in [0.29, 0.717) is 28.3 Å². The third-order valence-electron chi connectivity index (χ3n) is 7.00. The second-order valence-electron chi connectivity index (χ2n) is 9.85. The Morgan fingerprint density at radius 2 is 1.80 bits per heavy atom. The molecule has 0 saturated carbocycles. The quantitative estimate of drug-likeness (QED) is 0.410. The van der Waals surface area contributed by atoms with Crippen LogP contribution in [-0.4, -0.2) is 47.0 Å². The van der Waals surface area contributed by atoms with E-state index < -0.39 is 5.91 Å². The van der Waals surface area contributed by atoms with E-state index in [-0.39, 0.29) is 5.92 Å². The van der Waals surface area contributed by atoms with Gasteiger partial charge in [-0.1, -0.05) is 13.8 Å². The van der Waals surface area contributed by atoms with E-state index in [9.17, 15) is 4.79 Å². The number of primary amides is 1. The molecule has 35 heavy (non-hydrogen) atoms. The fourth-order valence-electron chi connectivity index (χ4n) is 4.98. The van der Waals surface area contributed by atoms with E-state index in [1.165, 1.54) is 19.0 Å². The standard InChI is InChI=1S/C26H32N8O/c1-17(2)19-5-8-29-14-22(19)32-21-11-24(31-13-20(21)25(27)35)33-23-4-3-18(12-30-23)34-15-26(16-34)6-9-28-10-7-26/h3-5,8,11-14,17,28H,6-7,9-10,15-16H2,1-2H3,(H2,27,35)(H2,30,31,32,33). The molecule has 0 aliphatic carbocycles. The van der Waals surface area contributed by atoms with Crippen LogP contribution >= 0.6 is 0 Å². The van der Waals surface area contributed by atoms with Gasteiger partial charge in [-0.15, -0.1) is 0 Å². The number of carbonyl (C=O) groups is 1. The number of piperidine rings is 1. The van der Waals surface area contributed by atoms with Gasteiger partial charge in [0.2, 0.25) is 0 Å². The van der Waals surface area contributed by atoms with Crippen molar-refractivity contribution in [3.63, 3.8) is 0 Å². The molecular formula is C26H32N8O. The van der Waals surface area contributed by atoms with Gasteiger partial charge >= 0.3 is 0 Å². The summed E-state index contributed by atoms with van der Waals surface area (Å²) in [5.41, 5.74) is 10.0. The summed E-state index contributed by atoms with van der Waals surface area (Å²) in [6.45, 7) is 8.65. The molecule has 0 atom stereocenters. The highest BCUT2D eigenvalue weighted by molar-refractivity contribution is 5.99. The molecule has 2 saturated heterocycles. The zero-order valence-electron chi connectivity index (χ0n) is 20.2. The van der Waals surface area contributed by atoms with Crippen molar-refractivity contribution in [1.29, 1.82) is 0 Å². The first-order valence-electron chi connectivity index (χ1n) is 12.1. The Balaban J connectivity index is 1.30. The molecule has 9 heteroatoms. The molecule has 5 heterocycles. The number of carbonyl (C=O) groups excluding carboxylic acids is 1. The number of anilines is 5. The van der Waals surface area contributed by atoms with Gasteiger partial charge in [-0.3, -0.25) is 9.78 Å². The number of rotatable bonds is 7. The number of nitrogens with zero attached hydrogens (tertiary/aromatic N) is 4. The van der Waals surface area contributed by atoms with Crippen LogP contribution in [0.5, 0.6) is 0 Å². The summed E-state index contributed by atoms with van der Waals surface area (Å²) in [6.07, 6.45) is 9.38. The molecule has 0 radical (unpaired) electrons. The van der Waals surface area contributed by atoms with E-state index in [0.717, 1.165) is 43.1 Å². The lowest BCUT2D eigenvalue weighted by atomic mass is 9.72. The Bertz CT molecular complexity index is 1200. The van der Waals surface area contributed by atoms with Gasteiger partial charge < -0.3 is 26.6 Å². The zero-order valence-corrected chi connectivity index (χ0v) is 20.2. The number of nitrogens with two attached hydrogens (primary N) is 1. The Kier molecular flexibility index (Phi) is 6.25. The maximum atomic E-state index is 12.0. The minimum Gasteiger partial charge on any atom is -0.369 e. The number of amides is 1. The van der Waals surface area contributed by atoms with Crippen LogP contribution < -0.4 is 26.6 Å². The predicted molar refractivity (Wildman–Crippen MR) is 139 cm³/mol. The predicted octanol–water partition coefficient (Wildman–Crippen LogP) is 3.77. The molecule has 5 N–H and O–H groups in total. The third-order valence-corrected chi connectivity index (χ3v) is 7.00. The first-order valence-corrected chi connectivity index (χ1v) is 12.1. The van der Waals surface area contributed by atoms with Crippen LogP contribution in [0.2, 0.25) is 0 Å². The first kappa shape index (κ1) is 23.0. The van der Waals surface area contributed by atoms with Crippen molar-refractivity contribution in [3.05, 3.63) is 60.2 Å². The van der Waals surface area contributed by atoms with Crippen LogP contribution in [-0.2, 0) is 0 Å². The maximum absolute atomic E-state index is 12.0. The van der Waals surface area contributed by atoms with Crippen LogP contribution in [0.4, 0.5) is 28.7 Å². The van der Waals surface area contributed by atoms with Crippen LogP contribution in [0, 0.1) is 5.41 Å². The van der Waals surface area contributed by atoms with Crippen LogP contribution in [0.15, 0.2) is 49.1 Å². The minimum atomic E-state index is -0.551. The van der Waals surface area contributed by atoms with E-state index in [4.69, 9.17) is 5.73 Å². The molecule has 0 bridgehead atoms. The fourth-order valence-corrected chi connectivity index (χ4v) is 4.98. The van der Waals surface area contributed by atoms with Crippen LogP contribution in [0.25, 0.3) is 0 Å². The molecule has 3 aromatic heterocycles. The summed E-state index contributed by atoms with van der Waals surface area (Å²) in [5, 5.41) is 10.0. The molecule has 2 aliphatic heterocycles. The molecular weight excluding hydrogens is 440 g/mol. The fraction of sp³-hybridized carbons (Fsp3) is 0.385. The second-order valence-corrected chi connectivity index (χ2v) is 9.85. The molecule has 9 nitrogen and oxygen atoms in total. The molecule has 182 valence electrons. The number of pyridine rings is 3. The Hall–Kier alpha value is -3.72. The van der Waals surface area contributed by atoms with E-state index >= 15 is 0 Å². The average molecular weight is 473 g/mol. The summed E-state index contributed by atoms with van der Waals surface area (Å²) in [7, 11) is 0. The van der Waals surface area contributed by atoms with Gasteiger partial charge in [-0.2, -0.15) is 0 Å². The Morgan fingerprint density at radius 1 is 1.03 bits per heavy atom. The number of aromatic nitrogens is 3. The number of nitrogens with one attached hydrogen (secondary N) is 3. The van der Waals surface area contributed by atoms with E-state index in [2.05, 4.69) is 55.7 Å². The minimum absolute atomic E-state index is 0.288. The van der Waals surface area contributed by atoms with Crippen LogP contribution in [0.3, 0.4) is 0 Å². The number of hydrogen-bond donors (Lipinski definition) is 4. The molecule has 1 spiro atoms. The number of hydrogen-bond acceptors (Lipinski definition) is 8. The maximum Gasteiger partial charge on any atom is 0.252 e. The normalized spacial score (nSPS) is 16.7. The van der Waals surface area contributed by atoms with Crippen molar-refractivity contribution in [1.82, 2.24) is 20.3 Å². The lowest BCUT2D eigenvalue weighted by molar-refractivity contribution is 0.100. The van der Waals surface area contributed by atoms with Gasteiger partial charge in [0.15, 0.2) is 0 Å². The summed E-state index contributed by atoms with van der Waals surface area (Å²) in [6, 6.07) is 7.78. The summed E-state index contributed by atoms with van der Waals surface area (Å²) in [4.78, 5) is 27.6. The van der Waals surface area contributed by atoms with E-state index in [1.54, 1.807) is 18.5 Å². The van der Waals surface area contributed by atoms with Crippen molar-refractivity contribution in [2.24, 2.45) is 11.1 Å². The monoisotopic (exact) mass is 472 g/mol. The van der Waals surface area contributed by atoms with Crippen molar-refractivity contribution >= 4 is 34.6 Å². The molecule has 0 aromatic carbocycles. The largest absolute Gasteiger partial charge is 0.369 e. The lowest BCUT2D eigenvalue weighted by Crippen LogP contribution is -2.60. The molecule has 2 aliphatic rings. The average Bonchev–Trinajstić information content (AvgIpc) is 2.84. The SMILES string of the molecule is CC(C)c1ccncc1Nc1cc(Nc2ccc(N3CC4(CCNCC4)C3)cn2)ncc1C(N)=O. The summed E-state index contributed by atoms with van der Waals surface area (Å²) < 4.78 is 0. The highest BCUT2D eigenvalue weighted by atomic mass is 16.1. The van der Waals surface area contributed by atoms with Crippen molar-refractivity contribution in [2.45, 2.75) is 32.6 Å². The molecule has 5 rings (SSSR count). The van der Waals surface area contributed by atoms with Gasteiger partial charge in [-0.05, 0) is 55.6 Å². The third kappa shape index (κ3) is 4.90. The van der Waals surface area contributed by atoms with Crippen molar-refractivity contribution in [2.75, 3.05) is 41.7 Å². The molecule has 3 aromatic rings. The Morgan fingerprint density at radius 3 is 2.49 bits per heavy atom. The highest BCUT2D eigenvalue weighted by Gasteiger charge is 2.43. The zero-order chi connectivity index (χ0) is 24.4. The molecule has 0 unspecified atom stereocenters. The van der Waals surface area contributed by atoms with Gasteiger partial charge in [0.1, 0.15) is 11.6 Å². The Labute approximate surface area is 205 Å². The van der Waals surface area contributed by atoms with Crippen molar-refractivity contribution < 1.29 is 4.79 Å².